The van der Waals surface area contributed by atoms with E-state index in [1.165, 1.54) is 0 Å². The highest BCUT2D eigenvalue weighted by Crippen LogP contribution is 2.49. The first-order valence-electron chi connectivity index (χ1n) is 2.87. The van der Waals surface area contributed by atoms with Gasteiger partial charge in [-0.15, -0.1) is 0 Å². The summed E-state index contributed by atoms with van der Waals surface area (Å²) in [6.07, 6.45) is 0. The molecule has 2 atom stereocenters. The van der Waals surface area contributed by atoms with E-state index in [1.807, 2.05) is 0 Å². The van der Waals surface area contributed by atoms with Crippen LogP contribution in [0.15, 0.2) is 0 Å². The van der Waals surface area contributed by atoms with Gasteiger partial charge < -0.3 is 25.7 Å². The number of carboxylic acid groups (broad SMARTS) is 1. The van der Waals surface area contributed by atoms with E-state index in [9.17, 15) is 9.36 Å². The smallest absolute Gasteiger partial charge is 0.358 e. The summed E-state index contributed by atoms with van der Waals surface area (Å²) >= 11 is 0. The fourth-order valence-corrected chi connectivity index (χ4v) is 0.888. The normalized spacial score (nSPS) is 19.8. The fourth-order valence-electron chi connectivity index (χ4n) is 0.415. The highest BCUT2D eigenvalue weighted by molar-refractivity contribution is 7.53. The Morgan fingerprint density at radius 2 is 1.92 bits per heavy atom. The van der Waals surface area contributed by atoms with Crippen molar-refractivity contribution in [3.8, 4) is 0 Å². The van der Waals surface area contributed by atoms with E-state index in [0.717, 1.165) is 0 Å². The van der Waals surface area contributed by atoms with Crippen LogP contribution in [0, 0.1) is 0 Å². The van der Waals surface area contributed by atoms with Gasteiger partial charge in [-0.25, -0.2) is 0 Å². The molecule has 0 aromatic heterocycles. The number of carbonyl (C=O) groups is 1. The maximum Gasteiger partial charge on any atom is 0.358 e. The topological polar surface area (TPSA) is 141 Å². The second kappa shape index (κ2) is 3.12. The molecular weight excluding hydrogens is 189 g/mol. The Bertz CT molecular complexity index is 232. The van der Waals surface area contributed by atoms with Gasteiger partial charge in [0, 0.05) is 0 Å². The quantitative estimate of drug-likeness (QED) is 0.340. The molecule has 0 aliphatic carbocycles. The summed E-state index contributed by atoms with van der Waals surface area (Å²) in [6.45, 7) is 0.673. The summed E-state index contributed by atoms with van der Waals surface area (Å²) in [5.74, 6) is -1.68. The number of nitrogens with two attached hydrogens (primary N) is 1. The lowest BCUT2D eigenvalue weighted by Gasteiger charge is -2.27. The summed E-state index contributed by atoms with van der Waals surface area (Å²) in [4.78, 5) is 27.1. The van der Waals surface area contributed by atoms with Crippen LogP contribution in [0.25, 0.3) is 0 Å². The van der Waals surface area contributed by atoms with Crippen LogP contribution >= 0.6 is 7.60 Å². The lowest BCUT2D eigenvalue weighted by molar-refractivity contribution is -0.142. The highest BCUT2D eigenvalue weighted by Gasteiger charge is 2.49. The molecule has 7 nitrogen and oxygen atoms in total. The molecule has 0 saturated carbocycles. The third-order valence-corrected chi connectivity index (χ3v) is 2.90. The summed E-state index contributed by atoms with van der Waals surface area (Å²) in [5, 5.41) is 14.5. The Morgan fingerprint density at radius 3 is 2.00 bits per heavy atom. The Kier molecular flexibility index (Phi) is 3.00. The average Bonchev–Trinajstić information content (AvgIpc) is 1.83. The average molecular weight is 199 g/mol. The van der Waals surface area contributed by atoms with Gasteiger partial charge in [-0.05, 0) is 6.92 Å². The van der Waals surface area contributed by atoms with Gasteiger partial charge in [0.1, 0.15) is 6.04 Å². The zero-order valence-corrected chi connectivity index (χ0v) is 7.10. The van der Waals surface area contributed by atoms with E-state index in [4.69, 9.17) is 25.7 Å². The molecule has 0 radical (unpaired) electrons. The summed E-state index contributed by atoms with van der Waals surface area (Å²) in [6, 6.07) is -2.02. The molecule has 0 unspecified atom stereocenters. The lowest BCUT2D eigenvalue weighted by Crippen LogP contribution is -2.50. The Balaban J connectivity index is 4.86. The van der Waals surface area contributed by atoms with Crippen LogP contribution in [0.3, 0.4) is 0 Å². The van der Waals surface area contributed by atoms with Crippen molar-refractivity contribution < 1.29 is 29.4 Å². The zero-order valence-electron chi connectivity index (χ0n) is 6.21. The monoisotopic (exact) mass is 199 g/mol. The minimum absolute atomic E-state index is 0.673. The maximum absolute atomic E-state index is 10.5. The van der Waals surface area contributed by atoms with Gasteiger partial charge in [0.15, 0.2) is 5.34 Å². The van der Waals surface area contributed by atoms with Gasteiger partial charge >= 0.3 is 13.6 Å². The van der Waals surface area contributed by atoms with Crippen molar-refractivity contribution in [3.05, 3.63) is 0 Å². The molecular formula is C4H10NO6P. The Labute approximate surface area is 68.0 Å². The highest BCUT2D eigenvalue weighted by atomic mass is 31.2. The fraction of sp³-hybridized carbons (Fsp3) is 0.750. The van der Waals surface area contributed by atoms with Gasteiger partial charge in [-0.2, -0.15) is 0 Å². The standard InChI is InChI=1S/C4H10NO6P/c1-4(8,12(9,10)11)2(5)3(6)7/h2,8H,5H2,1H3,(H,6,7)(H2,9,10,11)/t2-,4+/m1/s1. The molecule has 0 bridgehead atoms. The van der Waals surface area contributed by atoms with E-state index in [1.54, 1.807) is 0 Å². The van der Waals surface area contributed by atoms with Gasteiger partial charge in [0.2, 0.25) is 0 Å². The van der Waals surface area contributed by atoms with Crippen molar-refractivity contribution in [3.63, 3.8) is 0 Å². The van der Waals surface area contributed by atoms with Gasteiger partial charge in [0.05, 0.1) is 0 Å². The molecule has 0 heterocycles. The van der Waals surface area contributed by atoms with Gasteiger partial charge in [0.25, 0.3) is 0 Å². The minimum Gasteiger partial charge on any atom is -0.480 e. The Morgan fingerprint density at radius 1 is 1.58 bits per heavy atom. The number of rotatable bonds is 3. The summed E-state index contributed by atoms with van der Waals surface area (Å²) < 4.78 is 10.5. The van der Waals surface area contributed by atoms with Crippen LogP contribution in [0.4, 0.5) is 0 Å². The molecule has 0 aliphatic rings. The predicted octanol–water partition coefficient (Wildman–Crippen LogP) is -1.72. The van der Waals surface area contributed by atoms with Crippen LogP contribution in [0.5, 0.6) is 0 Å². The minimum atomic E-state index is -4.93. The molecule has 12 heavy (non-hydrogen) atoms. The molecule has 6 N–H and O–H groups in total. The van der Waals surface area contributed by atoms with Crippen molar-refractivity contribution in [2.75, 3.05) is 0 Å². The number of hydrogen-bond acceptors (Lipinski definition) is 4. The maximum atomic E-state index is 10.5. The molecule has 0 fully saturated rings. The van der Waals surface area contributed by atoms with Crippen LogP contribution in [0.2, 0.25) is 0 Å². The molecule has 0 saturated heterocycles. The molecule has 0 amide bonds. The van der Waals surface area contributed by atoms with Crippen molar-refractivity contribution in [2.24, 2.45) is 5.73 Å². The van der Waals surface area contributed by atoms with E-state index in [2.05, 4.69) is 0 Å². The third kappa shape index (κ3) is 2.02. The number of hydrogen-bond donors (Lipinski definition) is 5. The molecule has 8 heteroatoms. The molecule has 72 valence electrons. The lowest BCUT2D eigenvalue weighted by atomic mass is 10.2. The molecule has 0 spiro atoms. The second-order valence-corrected chi connectivity index (χ2v) is 4.45. The first kappa shape index (κ1) is 11.5. The Hall–Kier alpha value is -0.460. The number of aliphatic carboxylic acids is 1. The van der Waals surface area contributed by atoms with Crippen LogP contribution < -0.4 is 5.73 Å². The predicted molar refractivity (Wildman–Crippen MR) is 38.3 cm³/mol. The largest absolute Gasteiger partial charge is 0.480 e. The number of aliphatic hydroxyl groups is 1. The van der Waals surface area contributed by atoms with Crippen molar-refractivity contribution in [1.82, 2.24) is 0 Å². The first-order valence-corrected chi connectivity index (χ1v) is 4.48. The second-order valence-electron chi connectivity index (χ2n) is 2.45. The van der Waals surface area contributed by atoms with Crippen LogP contribution in [0.1, 0.15) is 6.92 Å². The SMILES string of the molecule is C[C@@](O)([C@H](N)C(=O)O)P(=O)(O)O. The number of carboxylic acids is 1. The van der Waals surface area contributed by atoms with Gasteiger partial charge in [-0.3, -0.25) is 9.36 Å². The van der Waals surface area contributed by atoms with Gasteiger partial charge in [-0.1, -0.05) is 0 Å². The zero-order chi connectivity index (χ0) is 10.2. The van der Waals surface area contributed by atoms with Crippen molar-refractivity contribution in [2.45, 2.75) is 18.3 Å². The van der Waals surface area contributed by atoms with E-state index < -0.39 is 24.9 Å². The van der Waals surface area contributed by atoms with Crippen LogP contribution in [-0.2, 0) is 9.36 Å². The molecule has 0 aromatic carbocycles. The summed E-state index contributed by atoms with van der Waals surface area (Å²) in [7, 11) is -4.93. The van der Waals surface area contributed by atoms with Crippen LogP contribution in [-0.4, -0.2) is 37.4 Å². The molecule has 0 aromatic rings. The molecule has 0 rings (SSSR count). The van der Waals surface area contributed by atoms with Crippen molar-refractivity contribution >= 4 is 13.6 Å². The van der Waals surface area contributed by atoms with E-state index >= 15 is 0 Å². The van der Waals surface area contributed by atoms with E-state index in [-0.39, 0.29) is 0 Å². The third-order valence-electron chi connectivity index (χ3n) is 1.44. The first-order chi connectivity index (χ1) is 5.10. The summed E-state index contributed by atoms with van der Waals surface area (Å²) in [5.41, 5.74) is 4.84. The van der Waals surface area contributed by atoms with Crippen molar-refractivity contribution in [1.29, 1.82) is 0 Å². The molecule has 0 aliphatic heterocycles. The van der Waals surface area contributed by atoms with E-state index in [0.29, 0.717) is 6.92 Å².